The van der Waals surface area contributed by atoms with Gasteiger partial charge in [0.15, 0.2) is 0 Å². The molecule has 0 spiro atoms. The van der Waals surface area contributed by atoms with Crippen molar-refractivity contribution in [3.63, 3.8) is 0 Å². The zero-order valence-corrected chi connectivity index (χ0v) is 12.7. The normalized spacial score (nSPS) is 18.4. The first-order valence-electron chi connectivity index (χ1n) is 7.26. The zero-order valence-electron chi connectivity index (χ0n) is 12.7. The van der Waals surface area contributed by atoms with Crippen LogP contribution in [0.5, 0.6) is 0 Å². The van der Waals surface area contributed by atoms with Gasteiger partial charge in [0.25, 0.3) is 0 Å². The maximum Gasteiger partial charge on any atom is 0.315 e. The Morgan fingerprint density at radius 3 is 2.40 bits per heavy atom. The van der Waals surface area contributed by atoms with Crippen molar-refractivity contribution in [1.82, 2.24) is 16.0 Å². The van der Waals surface area contributed by atoms with Crippen LogP contribution in [0.15, 0.2) is 0 Å². The highest BCUT2D eigenvalue weighted by Crippen LogP contribution is 2.22. The highest BCUT2D eigenvalue weighted by molar-refractivity contribution is 5.76. The van der Waals surface area contributed by atoms with Gasteiger partial charge in [-0.15, -0.1) is 0 Å². The second-order valence-corrected chi connectivity index (χ2v) is 6.70. The number of rotatable bonds is 5. The molecule has 0 aromatic rings. The maximum atomic E-state index is 12.0. The van der Waals surface area contributed by atoms with Crippen molar-refractivity contribution < 1.29 is 14.7 Å². The van der Waals surface area contributed by atoms with Gasteiger partial charge in [0.05, 0.1) is 6.42 Å². The molecule has 116 valence electrons. The number of hydrogen-bond acceptors (Lipinski definition) is 3. The van der Waals surface area contributed by atoms with Gasteiger partial charge in [0.2, 0.25) is 0 Å². The molecule has 20 heavy (non-hydrogen) atoms. The summed E-state index contributed by atoms with van der Waals surface area (Å²) < 4.78 is 0. The Bertz CT molecular complexity index is 333. The van der Waals surface area contributed by atoms with Crippen LogP contribution in [0.3, 0.4) is 0 Å². The fourth-order valence-electron chi connectivity index (χ4n) is 2.50. The number of carboxylic acid groups (broad SMARTS) is 1. The predicted molar refractivity (Wildman–Crippen MR) is 77.7 cm³/mol. The van der Waals surface area contributed by atoms with E-state index in [4.69, 9.17) is 5.11 Å². The SMILES string of the molecule is CC(C)(C)CC(CC(=O)O)NC(=O)NC1CCNCC1. The third-order valence-electron chi connectivity index (χ3n) is 3.29. The van der Waals surface area contributed by atoms with Gasteiger partial charge in [-0.2, -0.15) is 0 Å². The third-order valence-corrected chi connectivity index (χ3v) is 3.29. The average Bonchev–Trinajstić information content (AvgIpc) is 2.26. The van der Waals surface area contributed by atoms with E-state index >= 15 is 0 Å². The molecule has 1 heterocycles. The highest BCUT2D eigenvalue weighted by atomic mass is 16.4. The van der Waals surface area contributed by atoms with Gasteiger partial charge in [-0.3, -0.25) is 4.79 Å². The molecule has 0 radical (unpaired) electrons. The predicted octanol–water partition coefficient (Wildman–Crippen LogP) is 1.32. The molecule has 1 fully saturated rings. The van der Waals surface area contributed by atoms with Crippen LogP contribution in [0.1, 0.15) is 46.5 Å². The quantitative estimate of drug-likeness (QED) is 0.613. The summed E-state index contributed by atoms with van der Waals surface area (Å²) in [6.07, 6.45) is 2.42. The minimum atomic E-state index is -0.888. The average molecular weight is 285 g/mol. The van der Waals surface area contributed by atoms with E-state index < -0.39 is 5.97 Å². The molecule has 0 aromatic carbocycles. The van der Waals surface area contributed by atoms with Crippen LogP contribution in [0.25, 0.3) is 0 Å². The van der Waals surface area contributed by atoms with E-state index in [-0.39, 0.29) is 30.0 Å². The van der Waals surface area contributed by atoms with E-state index in [1.54, 1.807) is 0 Å². The minimum absolute atomic E-state index is 0.0256. The molecule has 0 saturated carbocycles. The first-order chi connectivity index (χ1) is 9.26. The number of carboxylic acids is 1. The zero-order chi connectivity index (χ0) is 15.2. The Hall–Kier alpha value is -1.30. The molecule has 0 bridgehead atoms. The van der Waals surface area contributed by atoms with Crippen LogP contribution in [0.4, 0.5) is 4.79 Å². The van der Waals surface area contributed by atoms with Gasteiger partial charge in [-0.1, -0.05) is 20.8 Å². The largest absolute Gasteiger partial charge is 0.481 e. The number of aliphatic carboxylic acids is 1. The minimum Gasteiger partial charge on any atom is -0.481 e. The Labute approximate surface area is 120 Å². The topological polar surface area (TPSA) is 90.5 Å². The molecule has 2 amide bonds. The van der Waals surface area contributed by atoms with E-state index in [0.29, 0.717) is 6.42 Å². The summed E-state index contributed by atoms with van der Waals surface area (Å²) in [6.45, 7) is 7.92. The van der Waals surface area contributed by atoms with Crippen LogP contribution in [-0.2, 0) is 4.79 Å². The van der Waals surface area contributed by atoms with Gasteiger partial charge >= 0.3 is 12.0 Å². The van der Waals surface area contributed by atoms with Crippen LogP contribution in [0.2, 0.25) is 0 Å². The van der Waals surface area contributed by atoms with Crippen LogP contribution in [-0.4, -0.2) is 42.3 Å². The Morgan fingerprint density at radius 1 is 1.30 bits per heavy atom. The number of nitrogens with one attached hydrogen (secondary N) is 3. The molecule has 1 saturated heterocycles. The van der Waals surface area contributed by atoms with E-state index in [2.05, 4.69) is 16.0 Å². The standard InChI is InChI=1S/C14H27N3O3/c1-14(2,3)9-11(8-12(18)19)17-13(20)16-10-4-6-15-7-5-10/h10-11,15H,4-9H2,1-3H3,(H,18,19)(H2,16,17,20). The van der Waals surface area contributed by atoms with Crippen LogP contribution < -0.4 is 16.0 Å². The molecule has 0 aliphatic carbocycles. The molecular formula is C14H27N3O3. The number of carbonyl (C=O) groups is 2. The summed E-state index contributed by atoms with van der Waals surface area (Å²) in [5.41, 5.74) is -0.0256. The number of piperidine rings is 1. The Balaban J connectivity index is 2.45. The fraction of sp³-hybridized carbons (Fsp3) is 0.857. The van der Waals surface area contributed by atoms with Crippen molar-refractivity contribution >= 4 is 12.0 Å². The number of carbonyl (C=O) groups excluding carboxylic acids is 1. The molecule has 6 heteroatoms. The van der Waals surface area contributed by atoms with Crippen molar-refractivity contribution in [3.05, 3.63) is 0 Å². The maximum absolute atomic E-state index is 12.0. The van der Waals surface area contributed by atoms with E-state index in [1.165, 1.54) is 0 Å². The van der Waals surface area contributed by atoms with Crippen molar-refractivity contribution in [2.24, 2.45) is 5.41 Å². The summed E-state index contributed by atoms with van der Waals surface area (Å²) in [4.78, 5) is 22.8. The molecule has 1 rings (SSSR count). The molecule has 0 aromatic heterocycles. The second-order valence-electron chi connectivity index (χ2n) is 6.70. The van der Waals surface area contributed by atoms with Gasteiger partial charge in [0, 0.05) is 12.1 Å². The van der Waals surface area contributed by atoms with Crippen molar-refractivity contribution in [2.75, 3.05) is 13.1 Å². The first kappa shape index (κ1) is 16.8. The molecule has 6 nitrogen and oxygen atoms in total. The van der Waals surface area contributed by atoms with Gasteiger partial charge < -0.3 is 21.1 Å². The molecule has 4 N–H and O–H groups in total. The van der Waals surface area contributed by atoms with E-state index in [0.717, 1.165) is 25.9 Å². The summed E-state index contributed by atoms with van der Waals surface area (Å²) in [6, 6.07) is -0.419. The van der Waals surface area contributed by atoms with Crippen LogP contribution >= 0.6 is 0 Å². The number of hydrogen-bond donors (Lipinski definition) is 4. The number of urea groups is 1. The van der Waals surface area contributed by atoms with Gasteiger partial charge in [-0.05, 0) is 37.8 Å². The molecular weight excluding hydrogens is 258 g/mol. The lowest BCUT2D eigenvalue weighted by Crippen LogP contribution is -2.50. The lowest BCUT2D eigenvalue weighted by Gasteiger charge is -2.28. The highest BCUT2D eigenvalue weighted by Gasteiger charge is 2.24. The van der Waals surface area contributed by atoms with Crippen LogP contribution in [0, 0.1) is 5.41 Å². The fourth-order valence-corrected chi connectivity index (χ4v) is 2.50. The lowest BCUT2D eigenvalue weighted by atomic mass is 9.87. The Morgan fingerprint density at radius 2 is 1.90 bits per heavy atom. The second kappa shape index (κ2) is 7.47. The van der Waals surface area contributed by atoms with Crippen molar-refractivity contribution in [2.45, 2.75) is 58.5 Å². The van der Waals surface area contributed by atoms with Crippen molar-refractivity contribution in [3.8, 4) is 0 Å². The Kier molecular flexibility index (Phi) is 6.26. The number of amides is 2. The van der Waals surface area contributed by atoms with Crippen molar-refractivity contribution in [1.29, 1.82) is 0 Å². The van der Waals surface area contributed by atoms with Gasteiger partial charge in [-0.25, -0.2) is 4.79 Å². The molecule has 1 aliphatic heterocycles. The molecule has 1 atom stereocenters. The van der Waals surface area contributed by atoms with E-state index in [1.807, 2.05) is 20.8 Å². The van der Waals surface area contributed by atoms with E-state index in [9.17, 15) is 9.59 Å². The van der Waals surface area contributed by atoms with Gasteiger partial charge in [0.1, 0.15) is 0 Å². The third kappa shape index (κ3) is 7.33. The summed E-state index contributed by atoms with van der Waals surface area (Å²) >= 11 is 0. The smallest absolute Gasteiger partial charge is 0.315 e. The lowest BCUT2D eigenvalue weighted by molar-refractivity contribution is -0.137. The first-order valence-corrected chi connectivity index (χ1v) is 7.26. The molecule has 1 unspecified atom stereocenters. The summed E-state index contributed by atoms with van der Waals surface area (Å²) in [5.74, 6) is -0.888. The summed E-state index contributed by atoms with van der Waals surface area (Å²) in [7, 11) is 0. The summed E-state index contributed by atoms with van der Waals surface area (Å²) in [5, 5.41) is 17.9. The monoisotopic (exact) mass is 285 g/mol. The molecule has 1 aliphatic rings.